The summed E-state index contributed by atoms with van der Waals surface area (Å²) in [6.07, 6.45) is 0.996. The lowest BCUT2D eigenvalue weighted by Crippen LogP contribution is -2.32. The number of carbonyl (C=O) groups is 1. The smallest absolute Gasteiger partial charge is 0.222 e. The summed E-state index contributed by atoms with van der Waals surface area (Å²) in [5, 5.41) is 2.82. The van der Waals surface area contributed by atoms with Crippen LogP contribution in [0.2, 0.25) is 0 Å². The van der Waals surface area contributed by atoms with E-state index in [0.29, 0.717) is 0 Å². The van der Waals surface area contributed by atoms with Crippen molar-refractivity contribution in [3.63, 3.8) is 0 Å². The minimum absolute atomic E-state index is 0.0104. The molecule has 0 saturated carbocycles. The molecule has 0 radical (unpaired) electrons. The number of nitrogens with one attached hydrogen (secondary N) is 1. The number of halogens is 2. The van der Waals surface area contributed by atoms with Crippen LogP contribution in [0.3, 0.4) is 0 Å². The van der Waals surface area contributed by atoms with Gasteiger partial charge in [0.25, 0.3) is 0 Å². The minimum atomic E-state index is -0.764. The van der Waals surface area contributed by atoms with Gasteiger partial charge in [-0.3, -0.25) is 4.79 Å². The average Bonchev–Trinajstić information content (AvgIpc) is 2.73. The van der Waals surface area contributed by atoms with E-state index < -0.39 is 11.6 Å². The minimum Gasteiger partial charge on any atom is -0.369 e. The summed E-state index contributed by atoms with van der Waals surface area (Å²) in [6.45, 7) is 4.09. The van der Waals surface area contributed by atoms with Gasteiger partial charge >= 0.3 is 0 Å². The Kier molecular flexibility index (Phi) is 4.40. The number of amides is 1. The first kappa shape index (κ1) is 15.2. The second kappa shape index (κ2) is 6.07. The molecule has 21 heavy (non-hydrogen) atoms. The van der Waals surface area contributed by atoms with E-state index in [1.165, 1.54) is 4.57 Å². The molecule has 0 bridgehead atoms. The summed E-state index contributed by atoms with van der Waals surface area (Å²) in [7, 11) is 0. The number of fused-ring (bicyclic) bond motifs is 1. The van der Waals surface area contributed by atoms with Crippen LogP contribution in [0.15, 0.2) is 12.1 Å². The zero-order valence-corrected chi connectivity index (χ0v) is 12.0. The first-order chi connectivity index (χ1) is 9.92. The number of aromatic nitrogens is 2. The lowest BCUT2D eigenvalue weighted by molar-refractivity contribution is -0.121. The number of hydrogen-bond donors (Lipinski definition) is 2. The number of anilines is 1. The fourth-order valence-electron chi connectivity index (χ4n) is 2.06. The highest BCUT2D eigenvalue weighted by Crippen LogP contribution is 2.22. The highest BCUT2D eigenvalue weighted by Gasteiger charge is 2.15. The molecule has 2 aromatic rings. The topological polar surface area (TPSA) is 72.9 Å². The van der Waals surface area contributed by atoms with Crippen molar-refractivity contribution in [1.82, 2.24) is 14.9 Å². The van der Waals surface area contributed by atoms with Gasteiger partial charge in [-0.1, -0.05) is 6.92 Å². The quantitative estimate of drug-likeness (QED) is 0.888. The lowest BCUT2D eigenvalue weighted by atomic mass is 10.2. The largest absolute Gasteiger partial charge is 0.369 e. The predicted octanol–water partition coefficient (Wildman–Crippen LogP) is 2.20. The second-order valence-electron chi connectivity index (χ2n) is 5.00. The van der Waals surface area contributed by atoms with Crippen molar-refractivity contribution in [2.75, 3.05) is 5.73 Å². The summed E-state index contributed by atoms with van der Waals surface area (Å²) < 4.78 is 28.4. The van der Waals surface area contributed by atoms with E-state index in [2.05, 4.69) is 10.3 Å². The van der Waals surface area contributed by atoms with Crippen LogP contribution in [0.1, 0.15) is 26.7 Å². The molecule has 114 valence electrons. The van der Waals surface area contributed by atoms with Gasteiger partial charge < -0.3 is 15.6 Å². The van der Waals surface area contributed by atoms with Gasteiger partial charge in [0.1, 0.15) is 11.3 Å². The molecular formula is C14H18F2N4O. The van der Waals surface area contributed by atoms with Crippen LogP contribution in [0.25, 0.3) is 11.0 Å². The van der Waals surface area contributed by atoms with Crippen molar-refractivity contribution in [3.05, 3.63) is 23.8 Å². The molecule has 0 aliphatic heterocycles. The Morgan fingerprint density at radius 2 is 2.19 bits per heavy atom. The second-order valence-corrected chi connectivity index (χ2v) is 5.00. The van der Waals surface area contributed by atoms with Gasteiger partial charge in [0, 0.05) is 31.1 Å². The standard InChI is InChI=1S/C14H18F2N4O/c1-3-8(2)18-12(21)4-5-20-11-7-9(15)6-10(16)13(11)19-14(20)17/h6-8H,3-5H2,1-2H3,(H2,17,19)(H,18,21). The van der Waals surface area contributed by atoms with Crippen molar-refractivity contribution in [2.45, 2.75) is 39.3 Å². The van der Waals surface area contributed by atoms with Crippen molar-refractivity contribution >= 4 is 22.9 Å². The molecule has 1 aromatic heterocycles. The number of imidazole rings is 1. The number of hydrogen-bond acceptors (Lipinski definition) is 3. The Hall–Kier alpha value is -2.18. The van der Waals surface area contributed by atoms with E-state index >= 15 is 0 Å². The van der Waals surface area contributed by atoms with Gasteiger partial charge in [-0.25, -0.2) is 13.8 Å². The van der Waals surface area contributed by atoms with E-state index in [4.69, 9.17) is 5.73 Å². The van der Waals surface area contributed by atoms with E-state index in [1.54, 1.807) is 0 Å². The predicted molar refractivity (Wildman–Crippen MR) is 76.6 cm³/mol. The first-order valence-electron chi connectivity index (χ1n) is 6.82. The molecule has 0 aliphatic rings. The summed E-state index contributed by atoms with van der Waals surface area (Å²) in [5.74, 6) is -1.54. The molecule has 3 N–H and O–H groups in total. The number of benzene rings is 1. The Morgan fingerprint density at radius 1 is 1.48 bits per heavy atom. The van der Waals surface area contributed by atoms with Crippen LogP contribution in [0.5, 0.6) is 0 Å². The van der Waals surface area contributed by atoms with Gasteiger partial charge in [0.2, 0.25) is 11.9 Å². The van der Waals surface area contributed by atoms with E-state index in [9.17, 15) is 13.6 Å². The van der Waals surface area contributed by atoms with Crippen LogP contribution in [0, 0.1) is 11.6 Å². The molecule has 0 saturated heterocycles. The molecule has 2 rings (SSSR count). The van der Waals surface area contributed by atoms with Gasteiger partial charge in [-0.2, -0.15) is 0 Å². The van der Waals surface area contributed by atoms with Crippen LogP contribution >= 0.6 is 0 Å². The zero-order valence-electron chi connectivity index (χ0n) is 12.0. The van der Waals surface area contributed by atoms with Crippen LogP contribution in [-0.2, 0) is 11.3 Å². The Labute approximate surface area is 121 Å². The first-order valence-corrected chi connectivity index (χ1v) is 6.82. The molecule has 1 heterocycles. The van der Waals surface area contributed by atoms with Gasteiger partial charge in [0.05, 0.1) is 5.52 Å². The maximum atomic E-state index is 13.6. The number of aryl methyl sites for hydroxylation is 1. The van der Waals surface area contributed by atoms with Crippen LogP contribution < -0.4 is 11.1 Å². The SMILES string of the molecule is CCC(C)NC(=O)CCn1c(N)nc2c(F)cc(F)cc21. The molecule has 1 atom stereocenters. The molecule has 0 aliphatic carbocycles. The molecule has 1 amide bonds. The van der Waals surface area contributed by atoms with E-state index in [-0.39, 0.29) is 41.9 Å². The normalized spacial score (nSPS) is 12.6. The Bertz CT molecular complexity index is 669. The highest BCUT2D eigenvalue weighted by atomic mass is 19.1. The summed E-state index contributed by atoms with van der Waals surface area (Å²) >= 11 is 0. The lowest BCUT2D eigenvalue weighted by Gasteiger charge is -2.12. The highest BCUT2D eigenvalue weighted by molar-refractivity contribution is 5.80. The Balaban J connectivity index is 2.19. The Morgan fingerprint density at radius 3 is 2.86 bits per heavy atom. The van der Waals surface area contributed by atoms with Crippen LogP contribution in [-0.4, -0.2) is 21.5 Å². The van der Waals surface area contributed by atoms with Gasteiger partial charge in [-0.05, 0) is 13.3 Å². The molecule has 1 unspecified atom stereocenters. The number of nitrogen functional groups attached to an aromatic ring is 1. The van der Waals surface area contributed by atoms with E-state index in [1.807, 2.05) is 13.8 Å². The molecule has 0 spiro atoms. The maximum absolute atomic E-state index is 13.6. The van der Waals surface area contributed by atoms with E-state index in [0.717, 1.165) is 18.6 Å². The molecule has 5 nitrogen and oxygen atoms in total. The fourth-order valence-corrected chi connectivity index (χ4v) is 2.06. The maximum Gasteiger partial charge on any atom is 0.222 e. The molecule has 0 fully saturated rings. The molecule has 7 heteroatoms. The average molecular weight is 296 g/mol. The molecular weight excluding hydrogens is 278 g/mol. The summed E-state index contributed by atoms with van der Waals surface area (Å²) in [6, 6.07) is 2.01. The van der Waals surface area contributed by atoms with Gasteiger partial charge in [-0.15, -0.1) is 0 Å². The molecule has 1 aromatic carbocycles. The number of nitrogens with two attached hydrogens (primary N) is 1. The fraction of sp³-hybridized carbons (Fsp3) is 0.429. The number of rotatable bonds is 5. The monoisotopic (exact) mass is 296 g/mol. The van der Waals surface area contributed by atoms with Crippen molar-refractivity contribution in [2.24, 2.45) is 0 Å². The summed E-state index contributed by atoms with van der Waals surface area (Å²) in [4.78, 5) is 15.6. The van der Waals surface area contributed by atoms with Crippen molar-refractivity contribution in [3.8, 4) is 0 Å². The van der Waals surface area contributed by atoms with Crippen LogP contribution in [0.4, 0.5) is 14.7 Å². The third kappa shape index (κ3) is 3.29. The number of nitrogens with zero attached hydrogens (tertiary/aromatic N) is 2. The zero-order chi connectivity index (χ0) is 15.6. The summed E-state index contributed by atoms with van der Waals surface area (Å²) in [5.41, 5.74) is 5.98. The van der Waals surface area contributed by atoms with Crippen molar-refractivity contribution in [1.29, 1.82) is 0 Å². The third-order valence-corrected chi connectivity index (χ3v) is 3.38. The third-order valence-electron chi connectivity index (χ3n) is 3.38. The number of carbonyl (C=O) groups excluding carboxylic acids is 1. The van der Waals surface area contributed by atoms with Crippen molar-refractivity contribution < 1.29 is 13.6 Å². The van der Waals surface area contributed by atoms with Gasteiger partial charge in [0.15, 0.2) is 5.82 Å².